The van der Waals surface area contributed by atoms with Gasteiger partial charge in [0.25, 0.3) is 5.91 Å². The van der Waals surface area contributed by atoms with Gasteiger partial charge in [0.05, 0.1) is 12.6 Å². The van der Waals surface area contributed by atoms with Gasteiger partial charge in [0.15, 0.2) is 5.82 Å². The highest BCUT2D eigenvalue weighted by Crippen LogP contribution is 2.36. The lowest BCUT2D eigenvalue weighted by Gasteiger charge is -2.23. The van der Waals surface area contributed by atoms with Crippen LogP contribution in [0.3, 0.4) is 0 Å². The van der Waals surface area contributed by atoms with Crippen molar-refractivity contribution in [3.63, 3.8) is 0 Å². The summed E-state index contributed by atoms with van der Waals surface area (Å²) in [6.45, 7) is 5.10. The van der Waals surface area contributed by atoms with Gasteiger partial charge in [0.1, 0.15) is 11.3 Å². The SMILES string of the molecule is CC1=C(C)c2cc(Nc3nn([C@@H]4CCCOC4)cc3C(N)=O)ccc2OB1O. The summed E-state index contributed by atoms with van der Waals surface area (Å²) in [6, 6.07) is 5.60. The molecule has 4 N–H and O–H groups in total. The van der Waals surface area contributed by atoms with Crippen LogP contribution in [0.15, 0.2) is 29.9 Å². The molecule has 8 nitrogen and oxygen atoms in total. The lowest BCUT2D eigenvalue weighted by molar-refractivity contribution is 0.0550. The fourth-order valence-corrected chi connectivity index (χ4v) is 3.53. The highest BCUT2D eigenvalue weighted by molar-refractivity contribution is 6.55. The highest BCUT2D eigenvalue weighted by atomic mass is 16.5. The van der Waals surface area contributed by atoms with E-state index in [1.807, 2.05) is 26.0 Å². The number of nitrogens with two attached hydrogens (primary N) is 1. The van der Waals surface area contributed by atoms with Gasteiger partial charge in [-0.1, -0.05) is 0 Å². The largest absolute Gasteiger partial charge is 0.555 e. The van der Waals surface area contributed by atoms with Crippen molar-refractivity contribution in [2.75, 3.05) is 18.5 Å². The van der Waals surface area contributed by atoms with Crippen molar-refractivity contribution >= 4 is 30.1 Å². The van der Waals surface area contributed by atoms with Gasteiger partial charge in [-0.25, -0.2) is 0 Å². The van der Waals surface area contributed by atoms with Crippen LogP contribution in [0.25, 0.3) is 5.57 Å². The minimum atomic E-state index is -0.929. The number of rotatable bonds is 4. The minimum absolute atomic E-state index is 0.0913. The molecule has 0 bridgehead atoms. The third-order valence-electron chi connectivity index (χ3n) is 5.35. The predicted octanol–water partition coefficient (Wildman–Crippen LogP) is 2.28. The molecule has 0 spiro atoms. The summed E-state index contributed by atoms with van der Waals surface area (Å²) in [5.41, 5.74) is 9.25. The molecule has 3 heterocycles. The molecule has 1 aromatic carbocycles. The molecule has 2 aromatic rings. The number of nitrogens with zero attached hydrogens (tertiary/aromatic N) is 2. The predicted molar refractivity (Wildman–Crippen MR) is 106 cm³/mol. The Balaban J connectivity index is 1.65. The fourth-order valence-electron chi connectivity index (χ4n) is 3.53. The van der Waals surface area contributed by atoms with E-state index in [1.54, 1.807) is 16.9 Å². The number of primary amides is 1. The number of nitrogens with one attached hydrogen (secondary N) is 1. The molecule has 0 unspecified atom stereocenters. The summed E-state index contributed by atoms with van der Waals surface area (Å²) in [5, 5.41) is 17.7. The molecule has 4 rings (SSSR count). The Morgan fingerprint density at radius 3 is 2.96 bits per heavy atom. The third kappa shape index (κ3) is 3.38. The number of anilines is 2. The van der Waals surface area contributed by atoms with E-state index in [-0.39, 0.29) is 6.04 Å². The Labute approximate surface area is 163 Å². The maximum absolute atomic E-state index is 11.9. The molecule has 2 aliphatic heterocycles. The Bertz CT molecular complexity index is 949. The van der Waals surface area contributed by atoms with Crippen LogP contribution in [0.1, 0.15) is 48.7 Å². The highest BCUT2D eigenvalue weighted by Gasteiger charge is 2.28. The van der Waals surface area contributed by atoms with Crippen LogP contribution in [0.4, 0.5) is 11.5 Å². The Kier molecular flexibility index (Phi) is 4.86. The molecule has 0 radical (unpaired) electrons. The first kappa shape index (κ1) is 18.6. The zero-order chi connectivity index (χ0) is 19.8. The zero-order valence-corrected chi connectivity index (χ0v) is 15.9. The van der Waals surface area contributed by atoms with Gasteiger partial charge in [-0.2, -0.15) is 5.10 Å². The van der Waals surface area contributed by atoms with Crippen LogP contribution in [0.5, 0.6) is 5.75 Å². The van der Waals surface area contributed by atoms with Crippen LogP contribution < -0.4 is 15.7 Å². The summed E-state index contributed by atoms with van der Waals surface area (Å²) >= 11 is 0. The lowest BCUT2D eigenvalue weighted by atomic mass is 9.73. The van der Waals surface area contributed by atoms with E-state index in [9.17, 15) is 9.82 Å². The second-order valence-corrected chi connectivity index (χ2v) is 7.22. The minimum Gasteiger partial charge on any atom is -0.532 e. The number of hydrogen-bond donors (Lipinski definition) is 3. The number of hydrogen-bond acceptors (Lipinski definition) is 6. The van der Waals surface area contributed by atoms with E-state index in [0.29, 0.717) is 23.7 Å². The van der Waals surface area contributed by atoms with E-state index >= 15 is 0 Å². The van der Waals surface area contributed by atoms with Gasteiger partial charge in [0.2, 0.25) is 0 Å². The van der Waals surface area contributed by atoms with Crippen LogP contribution in [0.2, 0.25) is 0 Å². The van der Waals surface area contributed by atoms with Crippen LogP contribution >= 0.6 is 0 Å². The molecule has 1 atom stereocenters. The molecular formula is C19H23BN4O4. The zero-order valence-electron chi connectivity index (χ0n) is 15.9. The molecule has 1 aromatic heterocycles. The van der Waals surface area contributed by atoms with Crippen molar-refractivity contribution in [3.05, 3.63) is 41.0 Å². The molecule has 1 saturated heterocycles. The Morgan fingerprint density at radius 1 is 1.43 bits per heavy atom. The first-order chi connectivity index (χ1) is 13.4. The molecule has 9 heteroatoms. The van der Waals surface area contributed by atoms with E-state index in [4.69, 9.17) is 15.1 Å². The quantitative estimate of drug-likeness (QED) is 0.700. The molecule has 0 saturated carbocycles. The van der Waals surface area contributed by atoms with Crippen LogP contribution in [-0.2, 0) is 4.74 Å². The average molecular weight is 382 g/mol. The second-order valence-electron chi connectivity index (χ2n) is 7.22. The van der Waals surface area contributed by atoms with E-state index < -0.39 is 13.0 Å². The second kappa shape index (κ2) is 7.33. The monoisotopic (exact) mass is 382 g/mol. The third-order valence-corrected chi connectivity index (χ3v) is 5.35. The summed E-state index contributed by atoms with van der Waals surface area (Å²) in [5.74, 6) is 0.483. The van der Waals surface area contributed by atoms with Gasteiger partial charge in [0, 0.05) is 24.1 Å². The summed E-state index contributed by atoms with van der Waals surface area (Å²) in [6.07, 6.45) is 3.58. The van der Waals surface area contributed by atoms with Gasteiger partial charge < -0.3 is 25.5 Å². The van der Waals surface area contributed by atoms with Crippen LogP contribution in [0, 0.1) is 0 Å². The molecule has 1 amide bonds. The summed E-state index contributed by atoms with van der Waals surface area (Å²) in [4.78, 5) is 11.9. The van der Waals surface area contributed by atoms with E-state index in [0.717, 1.165) is 41.7 Å². The van der Waals surface area contributed by atoms with Gasteiger partial charge in [-0.15, -0.1) is 0 Å². The molecule has 0 aliphatic carbocycles. The summed E-state index contributed by atoms with van der Waals surface area (Å²) < 4.78 is 12.8. The maximum Gasteiger partial charge on any atom is 0.555 e. The molecule has 1 fully saturated rings. The standard InChI is InChI=1S/C19H23BN4O4/c1-11-12(2)20(26)28-17-6-5-13(8-15(11)17)22-19-16(18(21)25)9-24(23-19)14-4-3-7-27-10-14/h5-6,8-9,14,26H,3-4,7,10H2,1-2H3,(H2,21,25)(H,22,23)/t14-/m1/s1. The van der Waals surface area contributed by atoms with Gasteiger partial charge in [-0.05, 0) is 55.9 Å². The normalized spacial score (nSPS) is 19.2. The fraction of sp³-hybridized carbons (Fsp3) is 0.368. The molecule has 28 heavy (non-hydrogen) atoms. The maximum atomic E-state index is 11.9. The van der Waals surface area contributed by atoms with Crippen molar-refractivity contribution in [3.8, 4) is 5.75 Å². The number of carbonyl (C=O) groups excluding carboxylic acids is 1. The number of allylic oxidation sites excluding steroid dienone is 2. The Morgan fingerprint density at radius 2 is 2.25 bits per heavy atom. The van der Waals surface area contributed by atoms with Crippen molar-refractivity contribution in [1.82, 2.24) is 9.78 Å². The van der Waals surface area contributed by atoms with E-state index in [2.05, 4.69) is 10.4 Å². The van der Waals surface area contributed by atoms with Crippen LogP contribution in [-0.4, -0.2) is 41.0 Å². The number of amides is 1. The van der Waals surface area contributed by atoms with Gasteiger partial charge >= 0.3 is 7.12 Å². The molecule has 146 valence electrons. The van der Waals surface area contributed by atoms with Gasteiger partial charge in [-0.3, -0.25) is 9.48 Å². The smallest absolute Gasteiger partial charge is 0.532 e. The number of ether oxygens (including phenoxy) is 1. The number of carbonyl (C=O) groups is 1. The number of benzene rings is 1. The molecular weight excluding hydrogens is 359 g/mol. The number of aromatic nitrogens is 2. The topological polar surface area (TPSA) is 112 Å². The lowest BCUT2D eigenvalue weighted by Crippen LogP contribution is -2.28. The molecule has 2 aliphatic rings. The summed E-state index contributed by atoms with van der Waals surface area (Å²) in [7, 11) is -0.929. The van der Waals surface area contributed by atoms with Crippen molar-refractivity contribution in [2.24, 2.45) is 5.73 Å². The first-order valence-corrected chi connectivity index (χ1v) is 9.34. The van der Waals surface area contributed by atoms with Crippen molar-refractivity contribution in [2.45, 2.75) is 32.7 Å². The van der Waals surface area contributed by atoms with Crippen molar-refractivity contribution < 1.29 is 19.2 Å². The van der Waals surface area contributed by atoms with E-state index in [1.165, 1.54) is 0 Å². The average Bonchev–Trinajstić information content (AvgIpc) is 3.12. The first-order valence-electron chi connectivity index (χ1n) is 9.34. The van der Waals surface area contributed by atoms with Crippen molar-refractivity contribution in [1.29, 1.82) is 0 Å². The number of fused-ring (bicyclic) bond motifs is 1. The Hall–Kier alpha value is -2.78.